The molecule has 86 valence electrons. The van der Waals surface area contributed by atoms with E-state index in [4.69, 9.17) is 11.6 Å². The average molecular weight is 237 g/mol. The van der Waals surface area contributed by atoms with Gasteiger partial charge in [0.05, 0.1) is 6.61 Å². The van der Waals surface area contributed by atoms with Gasteiger partial charge >= 0.3 is 12.0 Å². The normalized spacial score (nSPS) is 11.4. The van der Waals surface area contributed by atoms with Gasteiger partial charge in [0.25, 0.3) is 0 Å². The fraction of sp³-hybridized carbons (Fsp3) is 0.625. The summed E-state index contributed by atoms with van der Waals surface area (Å²) in [5.41, 5.74) is 0. The Kier molecular flexibility index (Phi) is 6.44. The second-order valence-corrected chi connectivity index (χ2v) is 3.25. The van der Waals surface area contributed by atoms with Gasteiger partial charge in [0, 0.05) is 0 Å². The second-order valence-electron chi connectivity index (χ2n) is 2.59. The lowest BCUT2D eigenvalue weighted by atomic mass is 10.4. The number of hydrogen-bond acceptors (Lipinski definition) is 4. The highest BCUT2D eigenvalue weighted by atomic mass is 35.5. The van der Waals surface area contributed by atoms with Crippen molar-refractivity contribution in [2.45, 2.75) is 19.2 Å². The molecule has 0 radical (unpaired) electrons. The molecule has 2 N–H and O–H groups in total. The molecular formula is C8H13ClN2O4. The summed E-state index contributed by atoms with van der Waals surface area (Å²) < 4.78 is 4.55. The van der Waals surface area contributed by atoms with E-state index in [0.717, 1.165) is 0 Å². The fourth-order valence-corrected chi connectivity index (χ4v) is 0.675. The van der Waals surface area contributed by atoms with Crippen LogP contribution < -0.4 is 10.6 Å². The highest BCUT2D eigenvalue weighted by Crippen LogP contribution is 1.91. The van der Waals surface area contributed by atoms with Crippen molar-refractivity contribution in [3.8, 4) is 0 Å². The molecule has 1 unspecified atom stereocenters. The molecule has 0 fully saturated rings. The van der Waals surface area contributed by atoms with Crippen LogP contribution in [0.4, 0.5) is 4.79 Å². The van der Waals surface area contributed by atoms with Crippen molar-refractivity contribution in [3.05, 3.63) is 0 Å². The van der Waals surface area contributed by atoms with Gasteiger partial charge in [0.1, 0.15) is 11.9 Å². The summed E-state index contributed by atoms with van der Waals surface area (Å²) >= 11 is 5.40. The van der Waals surface area contributed by atoms with Gasteiger partial charge in [-0.3, -0.25) is 14.9 Å². The molecule has 0 aliphatic rings. The van der Waals surface area contributed by atoms with E-state index in [0.29, 0.717) is 0 Å². The SMILES string of the molecule is CCOC(=O)CNC(=O)NC(=O)C(C)Cl. The van der Waals surface area contributed by atoms with Crippen LogP contribution in [-0.2, 0) is 14.3 Å². The van der Waals surface area contributed by atoms with Crippen molar-refractivity contribution < 1.29 is 19.1 Å². The van der Waals surface area contributed by atoms with E-state index < -0.39 is 23.3 Å². The Balaban J connectivity index is 3.76. The molecule has 7 heteroatoms. The molecule has 15 heavy (non-hydrogen) atoms. The van der Waals surface area contributed by atoms with Crippen LogP contribution in [0, 0.1) is 0 Å². The van der Waals surface area contributed by atoms with Crippen molar-refractivity contribution in [2.24, 2.45) is 0 Å². The van der Waals surface area contributed by atoms with Gasteiger partial charge < -0.3 is 10.1 Å². The molecule has 0 bridgehead atoms. The third-order valence-corrected chi connectivity index (χ3v) is 1.49. The predicted molar refractivity (Wildman–Crippen MR) is 53.5 cm³/mol. The van der Waals surface area contributed by atoms with Crippen molar-refractivity contribution in [2.75, 3.05) is 13.2 Å². The molecule has 0 aromatic heterocycles. The highest BCUT2D eigenvalue weighted by Gasteiger charge is 2.13. The van der Waals surface area contributed by atoms with Gasteiger partial charge in [0.2, 0.25) is 5.91 Å². The maximum Gasteiger partial charge on any atom is 0.325 e. The standard InChI is InChI=1S/C8H13ClN2O4/c1-3-15-6(12)4-10-8(14)11-7(13)5(2)9/h5H,3-4H2,1-2H3,(H2,10,11,13,14). The number of esters is 1. The van der Waals surface area contributed by atoms with Crippen LogP contribution in [0.5, 0.6) is 0 Å². The van der Waals surface area contributed by atoms with Crippen LogP contribution in [0.1, 0.15) is 13.8 Å². The molecule has 0 heterocycles. The number of nitrogens with one attached hydrogen (secondary N) is 2. The third kappa shape index (κ3) is 6.73. The Morgan fingerprint density at radius 3 is 2.47 bits per heavy atom. The molecule has 0 spiro atoms. The van der Waals surface area contributed by atoms with Crippen molar-refractivity contribution >= 4 is 29.5 Å². The Labute approximate surface area is 92.3 Å². The molecule has 0 aliphatic heterocycles. The Hall–Kier alpha value is -1.30. The lowest BCUT2D eigenvalue weighted by Gasteiger charge is -2.06. The summed E-state index contributed by atoms with van der Waals surface area (Å²) in [4.78, 5) is 32.7. The Morgan fingerprint density at radius 1 is 1.40 bits per heavy atom. The van der Waals surface area contributed by atoms with E-state index in [1.807, 2.05) is 5.32 Å². The molecule has 0 saturated heterocycles. The number of alkyl halides is 1. The highest BCUT2D eigenvalue weighted by molar-refractivity contribution is 6.31. The first kappa shape index (κ1) is 13.7. The van der Waals surface area contributed by atoms with Crippen LogP contribution in [0.15, 0.2) is 0 Å². The molecule has 0 saturated carbocycles. The van der Waals surface area contributed by atoms with Gasteiger partial charge in [-0.25, -0.2) is 4.79 Å². The first-order valence-electron chi connectivity index (χ1n) is 4.35. The van der Waals surface area contributed by atoms with Crippen LogP contribution in [-0.4, -0.2) is 36.4 Å². The fourth-order valence-electron chi connectivity index (χ4n) is 0.620. The summed E-state index contributed by atoms with van der Waals surface area (Å²) in [5, 5.41) is 3.29. The number of rotatable bonds is 4. The first-order chi connectivity index (χ1) is 6.97. The molecule has 0 aliphatic carbocycles. The average Bonchev–Trinajstić information content (AvgIpc) is 2.15. The smallest absolute Gasteiger partial charge is 0.325 e. The van der Waals surface area contributed by atoms with E-state index in [1.165, 1.54) is 6.92 Å². The molecule has 0 aromatic carbocycles. The van der Waals surface area contributed by atoms with Gasteiger partial charge in [-0.1, -0.05) is 0 Å². The summed E-state index contributed by atoms with van der Waals surface area (Å²) in [7, 11) is 0. The number of amides is 3. The zero-order valence-corrected chi connectivity index (χ0v) is 9.26. The second kappa shape index (κ2) is 7.05. The minimum atomic E-state index is -0.807. The summed E-state index contributed by atoms with van der Waals surface area (Å²) in [6.45, 7) is 3.02. The zero-order chi connectivity index (χ0) is 11.8. The molecule has 6 nitrogen and oxygen atoms in total. The monoisotopic (exact) mass is 236 g/mol. The minimum Gasteiger partial charge on any atom is -0.465 e. The van der Waals surface area contributed by atoms with Crippen molar-refractivity contribution in [1.29, 1.82) is 0 Å². The Morgan fingerprint density at radius 2 is 2.00 bits per heavy atom. The molecule has 0 rings (SSSR count). The molecular weight excluding hydrogens is 224 g/mol. The quantitative estimate of drug-likeness (QED) is 0.532. The van der Waals surface area contributed by atoms with Crippen LogP contribution in [0.3, 0.4) is 0 Å². The van der Waals surface area contributed by atoms with E-state index in [9.17, 15) is 14.4 Å². The number of halogens is 1. The molecule has 0 aromatic rings. The number of carbonyl (C=O) groups is 3. The lowest BCUT2D eigenvalue weighted by Crippen LogP contribution is -2.44. The van der Waals surface area contributed by atoms with Crippen LogP contribution >= 0.6 is 11.6 Å². The number of ether oxygens (including phenoxy) is 1. The number of hydrogen-bond donors (Lipinski definition) is 2. The van der Waals surface area contributed by atoms with Crippen molar-refractivity contribution in [3.63, 3.8) is 0 Å². The van der Waals surface area contributed by atoms with E-state index in [-0.39, 0.29) is 13.2 Å². The van der Waals surface area contributed by atoms with E-state index in [1.54, 1.807) is 6.92 Å². The van der Waals surface area contributed by atoms with Gasteiger partial charge in [-0.05, 0) is 13.8 Å². The van der Waals surface area contributed by atoms with Gasteiger partial charge in [-0.15, -0.1) is 11.6 Å². The number of carbonyl (C=O) groups excluding carboxylic acids is 3. The third-order valence-electron chi connectivity index (χ3n) is 1.30. The summed E-state index contributed by atoms with van der Waals surface area (Å²) in [6.07, 6.45) is 0. The largest absolute Gasteiger partial charge is 0.465 e. The van der Waals surface area contributed by atoms with Crippen molar-refractivity contribution in [1.82, 2.24) is 10.6 Å². The molecule has 1 atom stereocenters. The maximum absolute atomic E-state index is 11.0. The minimum absolute atomic E-state index is 0.236. The number of imide groups is 1. The maximum atomic E-state index is 11.0. The first-order valence-corrected chi connectivity index (χ1v) is 4.79. The number of urea groups is 1. The van der Waals surface area contributed by atoms with Crippen LogP contribution in [0.2, 0.25) is 0 Å². The van der Waals surface area contributed by atoms with Gasteiger partial charge in [-0.2, -0.15) is 0 Å². The summed E-state index contributed by atoms with van der Waals surface area (Å²) in [5.74, 6) is -1.20. The lowest BCUT2D eigenvalue weighted by molar-refractivity contribution is -0.141. The van der Waals surface area contributed by atoms with Gasteiger partial charge in [0.15, 0.2) is 0 Å². The van der Waals surface area contributed by atoms with E-state index in [2.05, 4.69) is 10.1 Å². The predicted octanol–water partition coefficient (Wildman–Crippen LogP) is 0.00260. The summed E-state index contributed by atoms with van der Waals surface area (Å²) in [6, 6.07) is -0.777. The zero-order valence-electron chi connectivity index (χ0n) is 8.50. The Bertz CT molecular complexity index is 255. The topological polar surface area (TPSA) is 84.5 Å². The van der Waals surface area contributed by atoms with Crippen LogP contribution in [0.25, 0.3) is 0 Å². The van der Waals surface area contributed by atoms with E-state index >= 15 is 0 Å². The molecule has 3 amide bonds.